The summed E-state index contributed by atoms with van der Waals surface area (Å²) in [6, 6.07) is 8.60. The normalized spacial score (nSPS) is 22.3. The molecule has 0 atom stereocenters. The van der Waals surface area contributed by atoms with Gasteiger partial charge in [-0.15, -0.1) is 12.4 Å². The van der Waals surface area contributed by atoms with Crippen LogP contribution in [0.1, 0.15) is 63.0 Å². The third kappa shape index (κ3) is 4.81. The molecule has 4 rings (SSSR count). The topological polar surface area (TPSA) is 65.3 Å². The molecule has 0 amide bonds. The van der Waals surface area contributed by atoms with Gasteiger partial charge in [0, 0.05) is 18.4 Å². The van der Waals surface area contributed by atoms with Gasteiger partial charge in [-0.05, 0) is 82.2 Å². The fourth-order valence-corrected chi connectivity index (χ4v) is 4.78. The van der Waals surface area contributed by atoms with Crippen LogP contribution >= 0.6 is 12.4 Å². The second-order valence-corrected chi connectivity index (χ2v) is 8.23. The van der Waals surface area contributed by atoms with E-state index in [2.05, 4.69) is 29.6 Å². The average molecular weight is 434 g/mol. The first-order valence-corrected chi connectivity index (χ1v) is 10.9. The zero-order valence-electron chi connectivity index (χ0n) is 17.6. The summed E-state index contributed by atoms with van der Waals surface area (Å²) in [5.41, 5.74) is 2.27. The van der Waals surface area contributed by atoms with Crippen molar-refractivity contribution in [2.75, 3.05) is 19.7 Å². The van der Waals surface area contributed by atoms with Gasteiger partial charge in [0.05, 0.1) is 18.2 Å². The molecule has 2 aliphatic rings. The number of nitrogens with zero attached hydrogens (tertiary/aromatic N) is 2. The largest absolute Gasteiger partial charge is 0.466 e. The van der Waals surface area contributed by atoms with Crippen LogP contribution in [0, 0.1) is 5.92 Å². The Labute approximate surface area is 184 Å². The van der Waals surface area contributed by atoms with Crippen molar-refractivity contribution in [2.24, 2.45) is 5.92 Å². The summed E-state index contributed by atoms with van der Waals surface area (Å²) in [5, 5.41) is 3.40. The summed E-state index contributed by atoms with van der Waals surface area (Å²) < 4.78 is 8.71. The fraction of sp³-hybridized carbons (Fsp3) is 0.565. The molecule has 6 nitrogen and oxygen atoms in total. The molecule has 1 aliphatic heterocycles. The molecule has 2 fully saturated rings. The Bertz CT molecular complexity index is 876. The lowest BCUT2D eigenvalue weighted by molar-refractivity contribution is -0.149. The number of carbonyl (C=O) groups excluding carboxylic acids is 1. The fourth-order valence-electron chi connectivity index (χ4n) is 4.78. The number of esters is 1. The van der Waals surface area contributed by atoms with Crippen LogP contribution in [0.25, 0.3) is 5.69 Å². The van der Waals surface area contributed by atoms with E-state index < -0.39 is 0 Å². The minimum Gasteiger partial charge on any atom is -0.466 e. The van der Waals surface area contributed by atoms with Gasteiger partial charge < -0.3 is 10.1 Å². The number of imidazole rings is 1. The number of benzene rings is 1. The van der Waals surface area contributed by atoms with E-state index in [1.54, 1.807) is 4.57 Å². The Balaban J connectivity index is 0.00000256. The molecule has 0 spiro atoms. The lowest BCUT2D eigenvalue weighted by Gasteiger charge is -2.27. The van der Waals surface area contributed by atoms with Crippen LogP contribution in [0.2, 0.25) is 0 Å². The van der Waals surface area contributed by atoms with E-state index in [1.165, 1.54) is 18.4 Å². The third-order valence-corrected chi connectivity index (χ3v) is 6.50. The highest BCUT2D eigenvalue weighted by molar-refractivity contribution is 5.85. The van der Waals surface area contributed by atoms with Crippen LogP contribution in [0.3, 0.4) is 0 Å². The molecule has 30 heavy (non-hydrogen) atoms. The maximum Gasteiger partial charge on any atom is 0.332 e. The van der Waals surface area contributed by atoms with Gasteiger partial charge in [-0.2, -0.15) is 0 Å². The molecule has 7 heteroatoms. The highest BCUT2D eigenvalue weighted by Gasteiger charge is 2.29. The number of nitrogens with one attached hydrogen (secondary N) is 1. The Morgan fingerprint density at radius 1 is 1.03 bits per heavy atom. The van der Waals surface area contributed by atoms with Gasteiger partial charge in [0.1, 0.15) is 0 Å². The molecule has 1 saturated carbocycles. The van der Waals surface area contributed by atoms with Crippen LogP contribution < -0.4 is 11.0 Å². The number of carbonyl (C=O) groups is 1. The highest BCUT2D eigenvalue weighted by atomic mass is 35.5. The minimum atomic E-state index is -0.0929. The summed E-state index contributed by atoms with van der Waals surface area (Å²) in [5.74, 6) is 0.498. The van der Waals surface area contributed by atoms with Crippen LogP contribution in [-0.4, -0.2) is 34.8 Å². The smallest absolute Gasteiger partial charge is 0.332 e. The predicted molar refractivity (Wildman–Crippen MR) is 120 cm³/mol. The van der Waals surface area contributed by atoms with E-state index in [-0.39, 0.29) is 36.0 Å². The standard InChI is InChI=1S/C23H31N3O3.ClH/c1-2-29-22(27)19-5-9-21(10-6-19)26-16-15-25(23(26)28)20-7-3-17(4-8-20)18-11-13-24-14-12-18;/h3-4,7-8,15-16,18-19,21,24H,2,5-6,9-14H2,1H3;1H/t19-,21-;. The van der Waals surface area contributed by atoms with Gasteiger partial charge >= 0.3 is 11.7 Å². The summed E-state index contributed by atoms with van der Waals surface area (Å²) in [6.45, 7) is 4.42. The summed E-state index contributed by atoms with van der Waals surface area (Å²) in [4.78, 5) is 24.9. The number of halogens is 1. The molecule has 0 bridgehead atoms. The molecule has 1 saturated heterocycles. The molecule has 0 unspecified atom stereocenters. The molecule has 2 aromatic rings. The van der Waals surface area contributed by atoms with E-state index in [0.717, 1.165) is 44.5 Å². The number of ether oxygens (including phenoxy) is 1. The quantitative estimate of drug-likeness (QED) is 0.728. The van der Waals surface area contributed by atoms with Crippen molar-refractivity contribution in [3.8, 4) is 5.69 Å². The second-order valence-electron chi connectivity index (χ2n) is 8.23. The van der Waals surface area contributed by atoms with Crippen molar-refractivity contribution in [2.45, 2.75) is 57.4 Å². The van der Waals surface area contributed by atoms with Gasteiger partial charge in [0.25, 0.3) is 0 Å². The monoisotopic (exact) mass is 433 g/mol. The molecule has 0 radical (unpaired) electrons. The zero-order chi connectivity index (χ0) is 20.2. The molecular weight excluding hydrogens is 402 g/mol. The van der Waals surface area contributed by atoms with Crippen LogP contribution in [0.15, 0.2) is 41.5 Å². The molecule has 1 N–H and O–H groups in total. The summed E-state index contributed by atoms with van der Waals surface area (Å²) in [6.07, 6.45) is 9.33. The van der Waals surface area contributed by atoms with Gasteiger partial charge in [-0.25, -0.2) is 4.79 Å². The average Bonchev–Trinajstić information content (AvgIpc) is 3.16. The minimum absolute atomic E-state index is 0. The first-order chi connectivity index (χ1) is 14.2. The molecule has 1 aromatic heterocycles. The van der Waals surface area contributed by atoms with Gasteiger partial charge in [0.15, 0.2) is 0 Å². The maximum absolute atomic E-state index is 13.0. The number of aromatic nitrogens is 2. The lowest BCUT2D eigenvalue weighted by Crippen LogP contribution is -2.31. The third-order valence-electron chi connectivity index (χ3n) is 6.50. The van der Waals surface area contributed by atoms with Gasteiger partial charge in [0.2, 0.25) is 0 Å². The van der Waals surface area contributed by atoms with Crippen LogP contribution in [-0.2, 0) is 9.53 Å². The summed E-state index contributed by atoms with van der Waals surface area (Å²) in [7, 11) is 0. The Morgan fingerprint density at radius 3 is 2.33 bits per heavy atom. The summed E-state index contributed by atoms with van der Waals surface area (Å²) >= 11 is 0. The SMILES string of the molecule is CCOC(=O)[C@H]1CC[C@H](n2ccn(-c3ccc(C4CCNCC4)cc3)c2=O)CC1.Cl. The van der Waals surface area contributed by atoms with E-state index in [1.807, 2.05) is 23.9 Å². The molecule has 1 aliphatic carbocycles. The van der Waals surface area contributed by atoms with E-state index in [9.17, 15) is 9.59 Å². The van der Waals surface area contributed by atoms with Crippen molar-refractivity contribution in [1.82, 2.24) is 14.5 Å². The van der Waals surface area contributed by atoms with E-state index in [4.69, 9.17) is 4.74 Å². The number of rotatable bonds is 5. The van der Waals surface area contributed by atoms with Crippen LogP contribution in [0.4, 0.5) is 0 Å². The van der Waals surface area contributed by atoms with Crippen molar-refractivity contribution in [3.63, 3.8) is 0 Å². The zero-order valence-corrected chi connectivity index (χ0v) is 18.4. The van der Waals surface area contributed by atoms with Crippen molar-refractivity contribution >= 4 is 18.4 Å². The number of hydrogen-bond donors (Lipinski definition) is 1. The number of piperidine rings is 1. The molecule has 1 aromatic carbocycles. The Morgan fingerprint density at radius 2 is 1.70 bits per heavy atom. The molecule has 2 heterocycles. The van der Waals surface area contributed by atoms with Crippen molar-refractivity contribution in [1.29, 1.82) is 0 Å². The lowest BCUT2D eigenvalue weighted by atomic mass is 9.86. The molecular formula is C23H32ClN3O3. The molecule has 164 valence electrons. The van der Waals surface area contributed by atoms with Gasteiger partial charge in [-0.3, -0.25) is 13.9 Å². The van der Waals surface area contributed by atoms with Gasteiger partial charge in [-0.1, -0.05) is 12.1 Å². The van der Waals surface area contributed by atoms with Crippen molar-refractivity contribution in [3.05, 3.63) is 52.7 Å². The Hall–Kier alpha value is -2.05. The first-order valence-electron chi connectivity index (χ1n) is 10.9. The second kappa shape index (κ2) is 10.3. The van der Waals surface area contributed by atoms with E-state index in [0.29, 0.717) is 12.5 Å². The Kier molecular flexibility index (Phi) is 7.78. The van der Waals surface area contributed by atoms with Crippen LogP contribution in [0.5, 0.6) is 0 Å². The first kappa shape index (κ1) is 22.6. The highest BCUT2D eigenvalue weighted by Crippen LogP contribution is 2.32. The van der Waals surface area contributed by atoms with E-state index >= 15 is 0 Å². The van der Waals surface area contributed by atoms with Crippen molar-refractivity contribution < 1.29 is 9.53 Å². The maximum atomic E-state index is 13.0. The predicted octanol–water partition coefficient (Wildman–Crippen LogP) is 3.82. The number of hydrogen-bond acceptors (Lipinski definition) is 4.